The Labute approximate surface area is 103 Å². The third kappa shape index (κ3) is 6.15. The molecule has 0 aliphatic carbocycles. The minimum absolute atomic E-state index is 0.553. The third-order valence-corrected chi connectivity index (χ3v) is 3.83. The van der Waals surface area contributed by atoms with Gasteiger partial charge in [0.2, 0.25) is 0 Å². The molecule has 0 aromatic carbocycles. The van der Waals surface area contributed by atoms with Crippen LogP contribution < -0.4 is 0 Å². The molecule has 94 valence electrons. The normalized spacial score (nSPS) is 12.2. The second kappa shape index (κ2) is 8.61. The van der Waals surface area contributed by atoms with Crippen molar-refractivity contribution in [3.8, 4) is 0 Å². The van der Waals surface area contributed by atoms with Gasteiger partial charge in [0.25, 0.3) is 0 Å². The van der Waals surface area contributed by atoms with Crippen LogP contribution in [0, 0.1) is 5.41 Å². The maximum Gasteiger partial charge on any atom is -0.0297 e. The van der Waals surface area contributed by atoms with Gasteiger partial charge >= 0.3 is 0 Å². The molecule has 0 rings (SSSR count). The van der Waals surface area contributed by atoms with Crippen molar-refractivity contribution in [3.05, 3.63) is 24.3 Å². The first-order valence-corrected chi connectivity index (χ1v) is 6.89. The lowest BCUT2D eigenvalue weighted by molar-refractivity contribution is 0.220. The summed E-state index contributed by atoms with van der Waals surface area (Å²) in [6.07, 6.45) is 13.5. The smallest absolute Gasteiger partial charge is 0.0297 e. The standard InChI is InChI=1S/C16H30/c1-6-9-10-11-13-16(7-2,8-3)14-12-15(4)5/h9-10H,4,6-8,11-14H2,1-3,5H3. The fraction of sp³-hybridized carbons (Fsp3) is 0.750. The monoisotopic (exact) mass is 222 g/mol. The molecule has 0 saturated heterocycles. The van der Waals surface area contributed by atoms with E-state index in [1.54, 1.807) is 0 Å². The van der Waals surface area contributed by atoms with Gasteiger partial charge in [0.15, 0.2) is 0 Å². The Morgan fingerprint density at radius 1 is 1.06 bits per heavy atom. The van der Waals surface area contributed by atoms with Crippen LogP contribution in [-0.2, 0) is 0 Å². The summed E-state index contributed by atoms with van der Waals surface area (Å²) >= 11 is 0. The van der Waals surface area contributed by atoms with Crippen LogP contribution in [0.2, 0.25) is 0 Å². The number of hydrogen-bond donors (Lipinski definition) is 0. The molecule has 0 nitrogen and oxygen atoms in total. The molecule has 0 bridgehead atoms. The van der Waals surface area contributed by atoms with E-state index in [1.807, 2.05) is 0 Å². The van der Waals surface area contributed by atoms with Crippen LogP contribution in [0.4, 0.5) is 0 Å². The van der Waals surface area contributed by atoms with Gasteiger partial charge in [0.1, 0.15) is 0 Å². The second-order valence-electron chi connectivity index (χ2n) is 5.08. The molecule has 0 spiro atoms. The highest BCUT2D eigenvalue weighted by Crippen LogP contribution is 2.37. The average molecular weight is 222 g/mol. The maximum absolute atomic E-state index is 4.02. The van der Waals surface area contributed by atoms with E-state index in [1.165, 1.54) is 44.1 Å². The topological polar surface area (TPSA) is 0 Å². The molecule has 0 aromatic rings. The van der Waals surface area contributed by atoms with Gasteiger partial charge in [0, 0.05) is 0 Å². The Bertz CT molecular complexity index is 206. The number of hydrogen-bond acceptors (Lipinski definition) is 0. The zero-order valence-corrected chi connectivity index (χ0v) is 11.8. The Morgan fingerprint density at radius 3 is 2.12 bits per heavy atom. The van der Waals surface area contributed by atoms with Gasteiger partial charge in [-0.15, -0.1) is 6.58 Å². The molecule has 0 aliphatic heterocycles. The van der Waals surface area contributed by atoms with E-state index in [9.17, 15) is 0 Å². The molecule has 0 N–H and O–H groups in total. The fourth-order valence-electron chi connectivity index (χ4n) is 2.23. The van der Waals surface area contributed by atoms with E-state index >= 15 is 0 Å². The van der Waals surface area contributed by atoms with Crippen LogP contribution in [0.25, 0.3) is 0 Å². The van der Waals surface area contributed by atoms with Crippen molar-refractivity contribution in [2.75, 3.05) is 0 Å². The van der Waals surface area contributed by atoms with Crippen molar-refractivity contribution < 1.29 is 0 Å². The van der Waals surface area contributed by atoms with E-state index in [4.69, 9.17) is 0 Å². The summed E-state index contributed by atoms with van der Waals surface area (Å²) in [5.41, 5.74) is 1.88. The van der Waals surface area contributed by atoms with Gasteiger partial charge in [-0.2, -0.15) is 0 Å². The van der Waals surface area contributed by atoms with Crippen molar-refractivity contribution in [2.45, 2.75) is 72.6 Å². The molecule has 0 saturated carbocycles. The Balaban J connectivity index is 4.20. The van der Waals surface area contributed by atoms with Gasteiger partial charge < -0.3 is 0 Å². The van der Waals surface area contributed by atoms with Crippen LogP contribution in [0.3, 0.4) is 0 Å². The van der Waals surface area contributed by atoms with Gasteiger partial charge in [-0.3, -0.25) is 0 Å². The molecule has 0 fully saturated rings. The van der Waals surface area contributed by atoms with Crippen molar-refractivity contribution in [1.82, 2.24) is 0 Å². The maximum atomic E-state index is 4.02. The van der Waals surface area contributed by atoms with Crippen molar-refractivity contribution in [3.63, 3.8) is 0 Å². The van der Waals surface area contributed by atoms with Crippen LogP contribution in [0.5, 0.6) is 0 Å². The summed E-state index contributed by atoms with van der Waals surface area (Å²) in [6.45, 7) is 13.0. The van der Waals surface area contributed by atoms with E-state index in [2.05, 4.69) is 46.4 Å². The first kappa shape index (κ1) is 15.5. The Kier molecular flexibility index (Phi) is 8.33. The lowest BCUT2D eigenvalue weighted by Crippen LogP contribution is -2.18. The van der Waals surface area contributed by atoms with Gasteiger partial charge in [-0.1, -0.05) is 51.3 Å². The molecular formula is C16H30. The predicted molar refractivity (Wildman–Crippen MR) is 75.7 cm³/mol. The summed E-state index contributed by atoms with van der Waals surface area (Å²) in [6, 6.07) is 0. The highest BCUT2D eigenvalue weighted by molar-refractivity contribution is 4.92. The highest BCUT2D eigenvalue weighted by Gasteiger charge is 2.24. The quantitative estimate of drug-likeness (QED) is 0.426. The summed E-state index contributed by atoms with van der Waals surface area (Å²) in [7, 11) is 0. The number of rotatable bonds is 9. The SMILES string of the molecule is C=C(C)CCC(CC)(CC)CCC=CCC. The molecule has 0 heterocycles. The molecule has 16 heavy (non-hydrogen) atoms. The third-order valence-electron chi connectivity index (χ3n) is 3.83. The van der Waals surface area contributed by atoms with Crippen molar-refractivity contribution in [2.24, 2.45) is 5.41 Å². The largest absolute Gasteiger partial charge is 0.100 e. The summed E-state index contributed by atoms with van der Waals surface area (Å²) in [5, 5.41) is 0. The van der Waals surface area contributed by atoms with Crippen LogP contribution >= 0.6 is 0 Å². The zero-order chi connectivity index (χ0) is 12.4. The first-order chi connectivity index (χ1) is 7.60. The van der Waals surface area contributed by atoms with Crippen LogP contribution in [0.15, 0.2) is 24.3 Å². The zero-order valence-electron chi connectivity index (χ0n) is 11.8. The molecule has 0 aliphatic rings. The predicted octanol–water partition coefficient (Wildman–Crippen LogP) is 5.90. The Morgan fingerprint density at radius 2 is 1.69 bits per heavy atom. The summed E-state index contributed by atoms with van der Waals surface area (Å²) < 4.78 is 0. The summed E-state index contributed by atoms with van der Waals surface area (Å²) in [4.78, 5) is 0. The minimum atomic E-state index is 0.553. The van der Waals surface area contributed by atoms with Crippen LogP contribution in [-0.4, -0.2) is 0 Å². The highest BCUT2D eigenvalue weighted by atomic mass is 14.3. The molecule has 0 amide bonds. The van der Waals surface area contributed by atoms with E-state index in [-0.39, 0.29) is 0 Å². The first-order valence-electron chi connectivity index (χ1n) is 6.89. The summed E-state index contributed by atoms with van der Waals surface area (Å²) in [5.74, 6) is 0. The fourth-order valence-corrected chi connectivity index (χ4v) is 2.23. The lowest BCUT2D eigenvalue weighted by atomic mass is 9.74. The molecule has 0 radical (unpaired) electrons. The molecular weight excluding hydrogens is 192 g/mol. The molecule has 0 heteroatoms. The van der Waals surface area contributed by atoms with Crippen LogP contribution in [0.1, 0.15) is 72.6 Å². The van der Waals surface area contributed by atoms with Crippen molar-refractivity contribution in [1.29, 1.82) is 0 Å². The molecule has 0 aromatic heterocycles. The van der Waals surface area contributed by atoms with Crippen molar-refractivity contribution >= 4 is 0 Å². The molecule has 0 unspecified atom stereocenters. The average Bonchev–Trinajstić information content (AvgIpc) is 2.29. The van der Waals surface area contributed by atoms with E-state index < -0.39 is 0 Å². The van der Waals surface area contributed by atoms with E-state index in [0.29, 0.717) is 5.41 Å². The minimum Gasteiger partial charge on any atom is -0.100 e. The lowest BCUT2D eigenvalue weighted by Gasteiger charge is -2.31. The second-order valence-corrected chi connectivity index (χ2v) is 5.08. The Hall–Kier alpha value is -0.520. The molecule has 0 atom stereocenters. The van der Waals surface area contributed by atoms with E-state index in [0.717, 1.165) is 6.42 Å². The number of allylic oxidation sites excluding steroid dienone is 3. The van der Waals surface area contributed by atoms with Gasteiger partial charge in [0.05, 0.1) is 0 Å². The van der Waals surface area contributed by atoms with Gasteiger partial charge in [-0.25, -0.2) is 0 Å². The van der Waals surface area contributed by atoms with Gasteiger partial charge in [-0.05, 0) is 44.4 Å².